The summed E-state index contributed by atoms with van der Waals surface area (Å²) >= 11 is 0. The molecule has 0 aromatic rings. The average molecular weight is 221 g/mol. The van der Waals surface area contributed by atoms with Crippen molar-refractivity contribution in [2.75, 3.05) is 33.7 Å². The van der Waals surface area contributed by atoms with Crippen molar-refractivity contribution >= 4 is 6.21 Å². The Morgan fingerprint density at radius 2 is 2.25 bits per heavy atom. The number of nitrogens with zero attached hydrogens (tertiary/aromatic N) is 2. The molecule has 0 bridgehead atoms. The van der Waals surface area contributed by atoms with Crippen LogP contribution in [0.4, 0.5) is 0 Å². The topological polar surface area (TPSA) is 27.6 Å². The van der Waals surface area contributed by atoms with E-state index in [-0.39, 0.29) is 5.41 Å². The van der Waals surface area contributed by atoms with Crippen molar-refractivity contribution in [2.24, 2.45) is 10.4 Å². The minimum Gasteiger partial charge on any atom is -0.380 e. The number of allylic oxidation sites excluding steroid dienone is 3. The summed E-state index contributed by atoms with van der Waals surface area (Å²) in [5, 5.41) is 3.26. The van der Waals surface area contributed by atoms with Gasteiger partial charge in [-0.3, -0.25) is 4.99 Å². The lowest BCUT2D eigenvalue weighted by molar-refractivity contribution is 0.249. The molecule has 0 unspecified atom stereocenters. The second-order valence-electron chi connectivity index (χ2n) is 5.30. The summed E-state index contributed by atoms with van der Waals surface area (Å²) in [6, 6.07) is 0. The van der Waals surface area contributed by atoms with E-state index < -0.39 is 0 Å². The van der Waals surface area contributed by atoms with Crippen LogP contribution in [0.2, 0.25) is 0 Å². The summed E-state index contributed by atoms with van der Waals surface area (Å²) in [6.45, 7) is 7.30. The first-order valence-corrected chi connectivity index (χ1v) is 5.75. The summed E-state index contributed by atoms with van der Waals surface area (Å²) in [4.78, 5) is 6.71. The van der Waals surface area contributed by atoms with Crippen molar-refractivity contribution < 1.29 is 0 Å². The maximum absolute atomic E-state index is 4.50. The highest BCUT2D eigenvalue weighted by molar-refractivity contribution is 5.78. The lowest BCUT2D eigenvalue weighted by atomic mass is 9.93. The zero-order valence-electron chi connectivity index (χ0n) is 10.8. The Kier molecular flexibility index (Phi) is 4.74. The maximum atomic E-state index is 4.50. The summed E-state index contributed by atoms with van der Waals surface area (Å²) in [5.41, 5.74) is 1.33. The highest BCUT2D eigenvalue weighted by atomic mass is 15.1. The summed E-state index contributed by atoms with van der Waals surface area (Å²) in [6.07, 6.45) is 8.13. The molecule has 0 saturated heterocycles. The molecular weight excluding hydrogens is 198 g/mol. The number of hydrogen-bond acceptors (Lipinski definition) is 3. The van der Waals surface area contributed by atoms with Crippen LogP contribution >= 0.6 is 0 Å². The van der Waals surface area contributed by atoms with Crippen LogP contribution < -0.4 is 5.32 Å². The summed E-state index contributed by atoms with van der Waals surface area (Å²) in [5.74, 6) is 0. The first kappa shape index (κ1) is 13.0. The van der Waals surface area contributed by atoms with Crippen LogP contribution in [0.15, 0.2) is 28.9 Å². The smallest absolute Gasteiger partial charge is 0.0524 e. The van der Waals surface area contributed by atoms with Crippen LogP contribution in [0, 0.1) is 5.41 Å². The molecule has 1 rings (SSSR count). The van der Waals surface area contributed by atoms with Crippen molar-refractivity contribution in [3.05, 3.63) is 23.9 Å². The Balaban J connectivity index is 2.40. The Morgan fingerprint density at radius 1 is 1.50 bits per heavy atom. The number of hydrogen-bond donors (Lipinski definition) is 1. The largest absolute Gasteiger partial charge is 0.380 e. The molecule has 1 N–H and O–H groups in total. The summed E-state index contributed by atoms with van der Waals surface area (Å²) < 4.78 is 0. The molecule has 0 aromatic heterocycles. The fourth-order valence-electron chi connectivity index (χ4n) is 1.86. The molecule has 3 heteroatoms. The van der Waals surface area contributed by atoms with E-state index in [1.54, 1.807) is 0 Å². The van der Waals surface area contributed by atoms with Crippen LogP contribution in [-0.4, -0.2) is 44.8 Å². The molecule has 0 saturated carbocycles. The number of nitrogens with one attached hydrogen (secondary N) is 1. The van der Waals surface area contributed by atoms with Crippen molar-refractivity contribution in [3.63, 3.8) is 0 Å². The molecule has 0 aromatic carbocycles. The van der Waals surface area contributed by atoms with E-state index in [0.29, 0.717) is 0 Å². The summed E-state index contributed by atoms with van der Waals surface area (Å²) in [7, 11) is 4.20. The number of dihydropyridines is 1. The van der Waals surface area contributed by atoms with E-state index in [1.807, 2.05) is 12.3 Å². The van der Waals surface area contributed by atoms with Crippen molar-refractivity contribution in [3.8, 4) is 0 Å². The highest BCUT2D eigenvalue weighted by Crippen LogP contribution is 2.15. The van der Waals surface area contributed by atoms with Gasteiger partial charge in [0.25, 0.3) is 0 Å². The molecule has 1 aliphatic heterocycles. The van der Waals surface area contributed by atoms with Gasteiger partial charge in [-0.1, -0.05) is 26.0 Å². The van der Waals surface area contributed by atoms with Crippen LogP contribution in [0.1, 0.15) is 13.8 Å². The van der Waals surface area contributed by atoms with Crippen LogP contribution in [0.25, 0.3) is 0 Å². The van der Waals surface area contributed by atoms with Gasteiger partial charge < -0.3 is 10.2 Å². The SMILES string of the molecule is CN(C)CC(C)(C)CN=CC1=CC=CCN1. The first-order valence-electron chi connectivity index (χ1n) is 5.75. The van der Waals surface area contributed by atoms with Gasteiger partial charge >= 0.3 is 0 Å². The fraction of sp³-hybridized carbons (Fsp3) is 0.615. The lowest BCUT2D eigenvalue weighted by Crippen LogP contribution is -2.31. The minimum atomic E-state index is 0.227. The van der Waals surface area contributed by atoms with Gasteiger partial charge in [0.2, 0.25) is 0 Å². The minimum absolute atomic E-state index is 0.227. The van der Waals surface area contributed by atoms with Gasteiger partial charge in [0.15, 0.2) is 0 Å². The molecule has 3 nitrogen and oxygen atoms in total. The van der Waals surface area contributed by atoms with Crippen LogP contribution in [0.3, 0.4) is 0 Å². The van der Waals surface area contributed by atoms with Crippen molar-refractivity contribution in [1.82, 2.24) is 10.2 Å². The van der Waals surface area contributed by atoms with E-state index in [2.05, 4.69) is 55.3 Å². The van der Waals surface area contributed by atoms with Crippen LogP contribution in [0.5, 0.6) is 0 Å². The van der Waals surface area contributed by atoms with Gasteiger partial charge in [-0.25, -0.2) is 0 Å². The molecule has 1 aliphatic rings. The molecule has 0 radical (unpaired) electrons. The molecule has 0 atom stereocenters. The molecular formula is C13H23N3. The monoisotopic (exact) mass is 221 g/mol. The molecule has 0 amide bonds. The Morgan fingerprint density at radius 3 is 2.81 bits per heavy atom. The van der Waals surface area contributed by atoms with Crippen molar-refractivity contribution in [1.29, 1.82) is 0 Å². The molecule has 0 fully saturated rings. The Labute approximate surface area is 98.9 Å². The highest BCUT2D eigenvalue weighted by Gasteiger charge is 2.17. The molecule has 0 aliphatic carbocycles. The van der Waals surface area contributed by atoms with E-state index in [0.717, 1.165) is 25.3 Å². The van der Waals surface area contributed by atoms with Crippen molar-refractivity contribution in [2.45, 2.75) is 13.8 Å². The second kappa shape index (κ2) is 5.85. The van der Waals surface area contributed by atoms with Gasteiger partial charge in [-0.05, 0) is 25.6 Å². The van der Waals surface area contributed by atoms with Gasteiger partial charge in [0.1, 0.15) is 0 Å². The first-order chi connectivity index (χ1) is 7.49. The van der Waals surface area contributed by atoms with Gasteiger partial charge in [0.05, 0.1) is 5.70 Å². The van der Waals surface area contributed by atoms with Crippen LogP contribution in [-0.2, 0) is 0 Å². The third kappa shape index (κ3) is 5.12. The second-order valence-corrected chi connectivity index (χ2v) is 5.30. The number of rotatable bonds is 5. The lowest BCUT2D eigenvalue weighted by Gasteiger charge is -2.26. The standard InChI is InChI=1S/C13H23N3/c1-13(2,11-16(3)4)10-14-9-12-7-5-6-8-15-12/h5-7,9,15H,8,10-11H2,1-4H3. The third-order valence-electron chi connectivity index (χ3n) is 2.33. The quantitative estimate of drug-likeness (QED) is 0.715. The maximum Gasteiger partial charge on any atom is 0.0524 e. The molecule has 1 heterocycles. The Hall–Kier alpha value is -1.09. The molecule has 16 heavy (non-hydrogen) atoms. The molecule has 0 spiro atoms. The van der Waals surface area contributed by atoms with E-state index in [4.69, 9.17) is 0 Å². The normalized spacial score (nSPS) is 16.7. The zero-order chi connectivity index (χ0) is 12.0. The fourth-order valence-corrected chi connectivity index (χ4v) is 1.86. The number of aliphatic imine (C=N–C) groups is 1. The van der Waals surface area contributed by atoms with E-state index in [9.17, 15) is 0 Å². The molecule has 90 valence electrons. The van der Waals surface area contributed by atoms with Gasteiger partial charge in [0, 0.05) is 25.8 Å². The predicted molar refractivity (Wildman–Crippen MR) is 70.9 cm³/mol. The van der Waals surface area contributed by atoms with E-state index >= 15 is 0 Å². The van der Waals surface area contributed by atoms with E-state index in [1.165, 1.54) is 0 Å². The Bertz CT molecular complexity index is 298. The van der Waals surface area contributed by atoms with Gasteiger partial charge in [-0.15, -0.1) is 0 Å². The predicted octanol–water partition coefficient (Wildman–Crippen LogP) is 1.69. The third-order valence-corrected chi connectivity index (χ3v) is 2.33. The van der Waals surface area contributed by atoms with Gasteiger partial charge in [-0.2, -0.15) is 0 Å². The zero-order valence-corrected chi connectivity index (χ0v) is 10.8. The average Bonchev–Trinajstić information content (AvgIpc) is 2.16.